The Morgan fingerprint density at radius 3 is 2.90 bits per heavy atom. The third kappa shape index (κ3) is 1.09. The number of carbonyl (C=O) groups is 1. The fourth-order valence-corrected chi connectivity index (χ4v) is 1.39. The number of thiophene rings is 1. The molecule has 0 radical (unpaired) electrons. The quantitative estimate of drug-likeness (QED) is 0.708. The normalized spacial score (nSPS) is 9.20. The van der Waals surface area contributed by atoms with Crippen molar-refractivity contribution in [1.82, 2.24) is 0 Å². The van der Waals surface area contributed by atoms with Crippen LogP contribution in [0.1, 0.15) is 15.2 Å². The molecule has 0 amide bonds. The third-order valence-electron chi connectivity index (χ3n) is 1.11. The summed E-state index contributed by atoms with van der Waals surface area (Å²) in [7, 11) is 0. The molecule has 0 atom stereocenters. The number of carboxylic acids is 1. The van der Waals surface area contributed by atoms with Crippen LogP contribution in [0.3, 0.4) is 0 Å². The van der Waals surface area contributed by atoms with Crippen molar-refractivity contribution < 1.29 is 9.90 Å². The molecule has 52 valence electrons. The van der Waals surface area contributed by atoms with Crippen molar-refractivity contribution in [2.75, 3.05) is 0 Å². The standard InChI is InChI=1S/C7H6O2S/c1-2-6-5(7(8)9)3-4-10-6/h2-4H,1H2,(H,8,9). The molecule has 0 saturated carbocycles. The zero-order valence-electron chi connectivity index (χ0n) is 5.20. The summed E-state index contributed by atoms with van der Waals surface area (Å²) in [5.41, 5.74) is 0.333. The highest BCUT2D eigenvalue weighted by molar-refractivity contribution is 7.11. The van der Waals surface area contributed by atoms with E-state index in [2.05, 4.69) is 6.58 Å². The van der Waals surface area contributed by atoms with Gasteiger partial charge in [0.15, 0.2) is 0 Å². The Bertz CT molecular complexity index is 262. The number of hydrogen-bond acceptors (Lipinski definition) is 2. The first-order valence-corrected chi connectivity index (χ1v) is 3.57. The maximum absolute atomic E-state index is 10.4. The average Bonchev–Trinajstić information content (AvgIpc) is 2.33. The molecule has 0 bridgehead atoms. The minimum absolute atomic E-state index is 0.333. The van der Waals surface area contributed by atoms with E-state index in [1.54, 1.807) is 17.5 Å². The first kappa shape index (κ1) is 7.02. The fraction of sp³-hybridized carbons (Fsp3) is 0. The topological polar surface area (TPSA) is 37.3 Å². The van der Waals surface area contributed by atoms with Crippen LogP contribution in [0.15, 0.2) is 18.0 Å². The number of hydrogen-bond donors (Lipinski definition) is 1. The molecule has 1 aromatic heterocycles. The van der Waals surface area contributed by atoms with Gasteiger partial charge in [0.05, 0.1) is 5.56 Å². The van der Waals surface area contributed by atoms with Gasteiger partial charge in [-0.2, -0.15) is 0 Å². The number of carboxylic acid groups (broad SMARTS) is 1. The van der Waals surface area contributed by atoms with E-state index < -0.39 is 5.97 Å². The lowest BCUT2D eigenvalue weighted by atomic mass is 10.2. The Balaban J connectivity index is 3.13. The van der Waals surface area contributed by atoms with Crippen LogP contribution >= 0.6 is 11.3 Å². The van der Waals surface area contributed by atoms with Gasteiger partial charge in [-0.15, -0.1) is 11.3 Å². The molecule has 1 aromatic rings. The van der Waals surface area contributed by atoms with Crippen molar-refractivity contribution in [3.63, 3.8) is 0 Å². The highest BCUT2D eigenvalue weighted by atomic mass is 32.1. The first-order chi connectivity index (χ1) is 4.75. The van der Waals surface area contributed by atoms with Crippen LogP contribution in [0.25, 0.3) is 6.08 Å². The Hall–Kier alpha value is -1.09. The van der Waals surface area contributed by atoms with Gasteiger partial charge in [-0.1, -0.05) is 12.7 Å². The zero-order chi connectivity index (χ0) is 7.56. The first-order valence-electron chi connectivity index (χ1n) is 2.69. The minimum atomic E-state index is -0.892. The fourth-order valence-electron chi connectivity index (χ4n) is 0.656. The molecule has 0 spiro atoms. The van der Waals surface area contributed by atoms with E-state index in [1.807, 2.05) is 0 Å². The smallest absolute Gasteiger partial charge is 0.337 e. The molecular weight excluding hydrogens is 148 g/mol. The van der Waals surface area contributed by atoms with Gasteiger partial charge in [-0.25, -0.2) is 4.79 Å². The maximum atomic E-state index is 10.4. The second-order valence-electron chi connectivity index (χ2n) is 1.71. The van der Waals surface area contributed by atoms with Crippen LogP contribution in [-0.4, -0.2) is 11.1 Å². The number of aromatic carboxylic acids is 1. The number of rotatable bonds is 2. The van der Waals surface area contributed by atoms with Crippen molar-refractivity contribution in [3.8, 4) is 0 Å². The summed E-state index contributed by atoms with van der Waals surface area (Å²) in [6, 6.07) is 1.57. The summed E-state index contributed by atoms with van der Waals surface area (Å²) in [6.07, 6.45) is 1.55. The summed E-state index contributed by atoms with van der Waals surface area (Å²) >= 11 is 1.38. The lowest BCUT2D eigenvalue weighted by Gasteiger charge is -1.88. The van der Waals surface area contributed by atoms with Gasteiger partial charge in [-0.05, 0) is 11.4 Å². The molecule has 0 aromatic carbocycles. The highest BCUT2D eigenvalue weighted by Gasteiger charge is 2.06. The van der Waals surface area contributed by atoms with Crippen LogP contribution < -0.4 is 0 Å². The SMILES string of the molecule is C=Cc1sccc1C(=O)O. The van der Waals surface area contributed by atoms with Gasteiger partial charge < -0.3 is 5.11 Å². The van der Waals surface area contributed by atoms with Crippen LogP contribution in [-0.2, 0) is 0 Å². The molecular formula is C7H6O2S. The Kier molecular flexibility index (Phi) is 1.87. The van der Waals surface area contributed by atoms with E-state index in [4.69, 9.17) is 5.11 Å². The molecule has 1 rings (SSSR count). The van der Waals surface area contributed by atoms with Crippen molar-refractivity contribution in [1.29, 1.82) is 0 Å². The molecule has 0 aliphatic rings. The largest absolute Gasteiger partial charge is 0.478 e. The van der Waals surface area contributed by atoms with E-state index in [9.17, 15) is 4.79 Å². The molecule has 2 nitrogen and oxygen atoms in total. The summed E-state index contributed by atoms with van der Waals surface area (Å²) in [5, 5.41) is 10.3. The van der Waals surface area contributed by atoms with Gasteiger partial charge in [0.25, 0.3) is 0 Å². The predicted octanol–water partition coefficient (Wildman–Crippen LogP) is 2.09. The van der Waals surface area contributed by atoms with Gasteiger partial charge in [-0.3, -0.25) is 0 Å². The Morgan fingerprint density at radius 1 is 1.80 bits per heavy atom. The minimum Gasteiger partial charge on any atom is -0.478 e. The molecule has 3 heteroatoms. The van der Waals surface area contributed by atoms with Crippen LogP contribution in [0.5, 0.6) is 0 Å². The molecule has 0 fully saturated rings. The Labute approximate surface area is 62.4 Å². The van der Waals surface area contributed by atoms with Crippen LogP contribution in [0.4, 0.5) is 0 Å². The zero-order valence-corrected chi connectivity index (χ0v) is 6.02. The maximum Gasteiger partial charge on any atom is 0.337 e. The van der Waals surface area contributed by atoms with E-state index in [0.717, 1.165) is 0 Å². The van der Waals surface area contributed by atoms with E-state index in [1.165, 1.54) is 11.3 Å². The monoisotopic (exact) mass is 154 g/mol. The molecule has 0 aliphatic heterocycles. The van der Waals surface area contributed by atoms with E-state index in [-0.39, 0.29) is 0 Å². The molecule has 0 saturated heterocycles. The third-order valence-corrected chi connectivity index (χ3v) is 2.02. The predicted molar refractivity (Wildman–Crippen MR) is 41.4 cm³/mol. The lowest BCUT2D eigenvalue weighted by molar-refractivity contribution is 0.0697. The molecule has 0 aliphatic carbocycles. The molecule has 10 heavy (non-hydrogen) atoms. The van der Waals surface area contributed by atoms with E-state index >= 15 is 0 Å². The highest BCUT2D eigenvalue weighted by Crippen LogP contribution is 2.17. The summed E-state index contributed by atoms with van der Waals surface area (Å²) in [6.45, 7) is 3.49. The second-order valence-corrected chi connectivity index (χ2v) is 2.66. The van der Waals surface area contributed by atoms with Crippen molar-refractivity contribution in [3.05, 3.63) is 28.5 Å². The molecule has 1 N–H and O–H groups in total. The lowest BCUT2D eigenvalue weighted by Crippen LogP contribution is -1.94. The van der Waals surface area contributed by atoms with Crippen LogP contribution in [0, 0.1) is 0 Å². The van der Waals surface area contributed by atoms with Gasteiger partial charge in [0.1, 0.15) is 0 Å². The molecule has 0 unspecified atom stereocenters. The summed E-state index contributed by atoms with van der Waals surface area (Å²) in [4.78, 5) is 11.1. The van der Waals surface area contributed by atoms with Crippen molar-refractivity contribution >= 4 is 23.4 Å². The summed E-state index contributed by atoms with van der Waals surface area (Å²) in [5.74, 6) is -0.892. The van der Waals surface area contributed by atoms with Gasteiger partial charge in [0.2, 0.25) is 0 Å². The van der Waals surface area contributed by atoms with Crippen LogP contribution in [0.2, 0.25) is 0 Å². The summed E-state index contributed by atoms with van der Waals surface area (Å²) < 4.78 is 0. The Morgan fingerprint density at radius 2 is 2.50 bits per heavy atom. The second kappa shape index (κ2) is 2.66. The van der Waals surface area contributed by atoms with Crippen molar-refractivity contribution in [2.45, 2.75) is 0 Å². The van der Waals surface area contributed by atoms with Gasteiger partial charge in [0, 0.05) is 4.88 Å². The van der Waals surface area contributed by atoms with Crippen molar-refractivity contribution in [2.24, 2.45) is 0 Å². The van der Waals surface area contributed by atoms with Gasteiger partial charge >= 0.3 is 5.97 Å². The van der Waals surface area contributed by atoms with E-state index in [0.29, 0.717) is 10.4 Å². The average molecular weight is 154 g/mol. The molecule has 1 heterocycles.